The first kappa shape index (κ1) is 8.88. The van der Waals surface area contributed by atoms with Crippen molar-refractivity contribution in [1.82, 2.24) is 0 Å². The third kappa shape index (κ3) is 1.93. The van der Waals surface area contributed by atoms with E-state index in [-0.39, 0.29) is 10.7 Å². The molecular formula is C6H16N2O. The van der Waals surface area contributed by atoms with Crippen LogP contribution in [0.15, 0.2) is 0 Å². The second-order valence-electron chi connectivity index (χ2n) is 2.63. The van der Waals surface area contributed by atoms with Crippen molar-refractivity contribution in [2.75, 3.05) is 0 Å². The minimum Gasteiger partial charge on any atom is -0.613 e. The minimum absolute atomic E-state index is 0.187. The number of hydrogen-bond donors (Lipinski definition) is 2. The zero-order valence-corrected chi connectivity index (χ0v) is 6.40. The van der Waals surface area contributed by atoms with Gasteiger partial charge in [-0.15, -0.1) is 0 Å². The number of hydroxylamine groups is 1. The molecule has 0 aromatic heterocycles. The highest BCUT2D eigenvalue weighted by atomic mass is 16.5. The van der Waals surface area contributed by atoms with E-state index in [2.05, 4.69) is 0 Å². The standard InChI is InChI=1S/C6H16N2O/c1-4-6(3,5-2)8(7)9/h8H,4-5,7H2,1-3H3. The molecule has 0 aromatic rings. The minimum atomic E-state index is -0.278. The molecule has 3 N–H and O–H groups in total. The monoisotopic (exact) mass is 132 g/mol. The normalized spacial score (nSPS) is 15.7. The van der Waals surface area contributed by atoms with Gasteiger partial charge in [0.2, 0.25) is 0 Å². The van der Waals surface area contributed by atoms with Crippen molar-refractivity contribution in [2.45, 2.75) is 39.2 Å². The summed E-state index contributed by atoms with van der Waals surface area (Å²) in [6.45, 7) is 5.86. The van der Waals surface area contributed by atoms with Gasteiger partial charge in [0.05, 0.1) is 0 Å². The van der Waals surface area contributed by atoms with E-state index < -0.39 is 0 Å². The molecular weight excluding hydrogens is 116 g/mol. The lowest BCUT2D eigenvalue weighted by atomic mass is 9.97. The molecule has 0 heterocycles. The zero-order chi connectivity index (χ0) is 7.49. The van der Waals surface area contributed by atoms with Crippen LogP contribution in [0.4, 0.5) is 0 Å². The molecule has 0 amide bonds. The van der Waals surface area contributed by atoms with Crippen molar-refractivity contribution in [3.05, 3.63) is 5.21 Å². The van der Waals surface area contributed by atoms with Crippen LogP contribution in [-0.2, 0) is 0 Å². The molecule has 0 aliphatic heterocycles. The van der Waals surface area contributed by atoms with Gasteiger partial charge in [-0.05, 0) is 6.92 Å². The fourth-order valence-electron chi connectivity index (χ4n) is 0.598. The van der Waals surface area contributed by atoms with Gasteiger partial charge < -0.3 is 5.21 Å². The molecule has 0 rings (SSSR count). The molecule has 3 heteroatoms. The van der Waals surface area contributed by atoms with Gasteiger partial charge in [-0.1, -0.05) is 13.8 Å². The lowest BCUT2D eigenvalue weighted by Gasteiger charge is -2.35. The second kappa shape index (κ2) is 3.15. The van der Waals surface area contributed by atoms with Crippen molar-refractivity contribution < 1.29 is 5.17 Å². The lowest BCUT2D eigenvalue weighted by Crippen LogP contribution is -3.20. The molecule has 0 aromatic carbocycles. The first-order valence-electron chi connectivity index (χ1n) is 3.36. The summed E-state index contributed by atoms with van der Waals surface area (Å²) in [5.41, 5.74) is -0.278. The molecule has 9 heavy (non-hydrogen) atoms. The lowest BCUT2D eigenvalue weighted by molar-refractivity contribution is -0.916. The van der Waals surface area contributed by atoms with Crippen LogP contribution in [0.2, 0.25) is 0 Å². The van der Waals surface area contributed by atoms with Crippen molar-refractivity contribution in [1.29, 1.82) is 0 Å². The average Bonchev–Trinajstić information content (AvgIpc) is 1.86. The molecule has 3 nitrogen and oxygen atoms in total. The number of rotatable bonds is 3. The van der Waals surface area contributed by atoms with E-state index in [0.29, 0.717) is 0 Å². The molecule has 0 saturated heterocycles. The fourth-order valence-corrected chi connectivity index (χ4v) is 0.598. The van der Waals surface area contributed by atoms with E-state index in [9.17, 15) is 5.21 Å². The van der Waals surface area contributed by atoms with Gasteiger partial charge in [-0.2, -0.15) is 5.84 Å². The van der Waals surface area contributed by atoms with Gasteiger partial charge in [0, 0.05) is 12.8 Å². The highest BCUT2D eigenvalue weighted by molar-refractivity contribution is 4.67. The van der Waals surface area contributed by atoms with Crippen LogP contribution in [0.25, 0.3) is 0 Å². The van der Waals surface area contributed by atoms with E-state index in [1.807, 2.05) is 20.8 Å². The average molecular weight is 132 g/mol. The molecule has 0 aliphatic carbocycles. The Bertz CT molecular complexity index is 79.1. The predicted molar refractivity (Wildman–Crippen MR) is 37.5 cm³/mol. The van der Waals surface area contributed by atoms with Crippen LogP contribution >= 0.6 is 0 Å². The quantitative estimate of drug-likeness (QED) is 0.413. The van der Waals surface area contributed by atoms with Crippen LogP contribution in [0, 0.1) is 5.21 Å². The van der Waals surface area contributed by atoms with Crippen molar-refractivity contribution in [3.63, 3.8) is 0 Å². The largest absolute Gasteiger partial charge is 0.613 e. The van der Waals surface area contributed by atoms with E-state index in [1.54, 1.807) is 0 Å². The van der Waals surface area contributed by atoms with Crippen LogP contribution in [0.5, 0.6) is 0 Å². The Labute approximate surface area is 56.4 Å². The SMILES string of the molecule is CCC(C)(CC)[NH+](N)[O-]. The summed E-state index contributed by atoms with van der Waals surface area (Å²) in [6, 6.07) is 0. The Morgan fingerprint density at radius 2 is 1.78 bits per heavy atom. The van der Waals surface area contributed by atoms with E-state index >= 15 is 0 Å². The molecule has 0 radical (unpaired) electrons. The third-order valence-corrected chi connectivity index (χ3v) is 2.16. The molecule has 0 fully saturated rings. The van der Waals surface area contributed by atoms with E-state index in [4.69, 9.17) is 5.84 Å². The van der Waals surface area contributed by atoms with Crippen molar-refractivity contribution >= 4 is 0 Å². The second-order valence-corrected chi connectivity index (χ2v) is 2.63. The highest BCUT2D eigenvalue weighted by Crippen LogP contribution is 2.07. The number of nitrogens with one attached hydrogen (secondary N) is 1. The van der Waals surface area contributed by atoms with Crippen molar-refractivity contribution in [3.8, 4) is 0 Å². The first-order valence-corrected chi connectivity index (χ1v) is 3.36. The van der Waals surface area contributed by atoms with Gasteiger partial charge in [0.1, 0.15) is 5.54 Å². The Morgan fingerprint density at radius 1 is 1.44 bits per heavy atom. The number of nitrogens with two attached hydrogens (primary N) is 1. The van der Waals surface area contributed by atoms with Crippen molar-refractivity contribution in [2.24, 2.45) is 5.84 Å². The summed E-state index contributed by atoms with van der Waals surface area (Å²) in [5, 5.41) is 10.5. The first-order chi connectivity index (χ1) is 4.06. The summed E-state index contributed by atoms with van der Waals surface area (Å²) in [6.07, 6.45) is 1.66. The Kier molecular flexibility index (Phi) is 3.11. The molecule has 0 saturated carbocycles. The van der Waals surface area contributed by atoms with Gasteiger partial charge in [0.15, 0.2) is 0 Å². The van der Waals surface area contributed by atoms with Crippen LogP contribution in [-0.4, -0.2) is 5.54 Å². The van der Waals surface area contributed by atoms with Gasteiger partial charge in [0.25, 0.3) is 0 Å². The summed E-state index contributed by atoms with van der Waals surface area (Å²) in [4.78, 5) is 0. The third-order valence-electron chi connectivity index (χ3n) is 2.16. The van der Waals surface area contributed by atoms with Crippen LogP contribution < -0.4 is 11.0 Å². The summed E-state index contributed by atoms with van der Waals surface area (Å²) in [5.74, 6) is 5.15. The number of quaternary nitrogens is 1. The smallest absolute Gasteiger partial charge is 0.111 e. The maximum absolute atomic E-state index is 10.7. The Balaban J connectivity index is 3.92. The maximum atomic E-state index is 10.7. The van der Waals surface area contributed by atoms with Crippen LogP contribution in [0.1, 0.15) is 33.6 Å². The van der Waals surface area contributed by atoms with Crippen LogP contribution in [0.3, 0.4) is 0 Å². The summed E-state index contributed by atoms with van der Waals surface area (Å²) in [7, 11) is 0. The summed E-state index contributed by atoms with van der Waals surface area (Å²) >= 11 is 0. The summed E-state index contributed by atoms with van der Waals surface area (Å²) < 4.78 is 0. The molecule has 56 valence electrons. The predicted octanol–water partition coefficient (Wildman–Crippen LogP) is -0.178. The van der Waals surface area contributed by atoms with E-state index in [1.165, 1.54) is 0 Å². The molecule has 1 atom stereocenters. The van der Waals surface area contributed by atoms with Gasteiger partial charge in [-0.3, -0.25) is 5.17 Å². The van der Waals surface area contributed by atoms with Gasteiger partial charge >= 0.3 is 0 Å². The molecule has 0 bridgehead atoms. The van der Waals surface area contributed by atoms with E-state index in [0.717, 1.165) is 12.8 Å². The number of hydrogen-bond acceptors (Lipinski definition) is 2. The maximum Gasteiger partial charge on any atom is 0.111 e. The Hall–Kier alpha value is -0.120. The molecule has 0 spiro atoms. The highest BCUT2D eigenvalue weighted by Gasteiger charge is 2.24. The van der Waals surface area contributed by atoms with Gasteiger partial charge in [-0.25, -0.2) is 0 Å². The topological polar surface area (TPSA) is 53.5 Å². The molecule has 0 aliphatic rings. The molecule has 1 unspecified atom stereocenters. The fraction of sp³-hybridized carbons (Fsp3) is 1.00. The Morgan fingerprint density at radius 3 is 1.78 bits per heavy atom. The zero-order valence-electron chi connectivity index (χ0n) is 6.40.